The van der Waals surface area contributed by atoms with Crippen LogP contribution in [0, 0.1) is 0 Å². The molecular weight excluding hydrogens is 476 g/mol. The standard InChI is InChI=1S/C22H41NO3P2S2.C2H6/c1-6-17-27(24-7-2)19-23(20-28(5,25-8-3)26-9-4)16-10-11-18-30-22-14-12-21(29)13-15-22;1-2/h12-15,29H,5-11,16-20H2,1-4H3;1-2H3. The van der Waals surface area contributed by atoms with E-state index in [1.807, 2.05) is 39.5 Å². The van der Waals surface area contributed by atoms with E-state index in [2.05, 4.69) is 61.9 Å². The number of unbranched alkanes of at least 4 members (excludes halogenated alkanes) is 1. The summed E-state index contributed by atoms with van der Waals surface area (Å²) in [6.45, 7) is 15.5. The molecule has 0 amide bonds. The van der Waals surface area contributed by atoms with Gasteiger partial charge in [0, 0.05) is 30.8 Å². The molecule has 0 bridgehead atoms. The number of thioether (sulfide) groups is 1. The largest absolute Gasteiger partial charge is 0.358 e. The van der Waals surface area contributed by atoms with Crippen molar-refractivity contribution >= 4 is 46.2 Å². The van der Waals surface area contributed by atoms with Crippen LogP contribution in [-0.4, -0.2) is 62.1 Å². The molecule has 4 nitrogen and oxygen atoms in total. The molecule has 0 N–H and O–H groups in total. The lowest BCUT2D eigenvalue weighted by molar-refractivity contribution is 0.240. The highest BCUT2D eigenvalue weighted by atomic mass is 32.2. The van der Waals surface area contributed by atoms with Gasteiger partial charge in [-0.2, -0.15) is 0 Å². The fourth-order valence-corrected chi connectivity index (χ4v) is 8.23. The zero-order valence-electron chi connectivity index (χ0n) is 21.2. The zero-order chi connectivity index (χ0) is 24.2. The van der Waals surface area contributed by atoms with Gasteiger partial charge in [0.25, 0.3) is 0 Å². The Bertz CT molecular complexity index is 589. The molecule has 0 aliphatic heterocycles. The molecular formula is C24H47NO3P2S2. The molecule has 0 spiro atoms. The van der Waals surface area contributed by atoms with Crippen LogP contribution >= 0.6 is 39.9 Å². The van der Waals surface area contributed by atoms with Crippen LogP contribution in [0.15, 0.2) is 34.1 Å². The van der Waals surface area contributed by atoms with E-state index in [-0.39, 0.29) is 0 Å². The fourth-order valence-electron chi connectivity index (χ4n) is 3.08. The van der Waals surface area contributed by atoms with Crippen LogP contribution in [0.25, 0.3) is 0 Å². The van der Waals surface area contributed by atoms with Gasteiger partial charge < -0.3 is 13.6 Å². The molecule has 8 heteroatoms. The number of rotatable bonds is 18. The van der Waals surface area contributed by atoms with Gasteiger partial charge in [-0.3, -0.25) is 4.90 Å². The Kier molecular flexibility index (Phi) is 21.1. The summed E-state index contributed by atoms with van der Waals surface area (Å²) in [4.78, 5) is 4.81. The monoisotopic (exact) mass is 523 g/mol. The Morgan fingerprint density at radius 1 is 1.00 bits per heavy atom. The van der Waals surface area contributed by atoms with Gasteiger partial charge in [0.05, 0.1) is 19.5 Å². The predicted octanol–water partition coefficient (Wildman–Crippen LogP) is 8.29. The number of nitrogens with zero attached hydrogens (tertiary/aromatic N) is 1. The number of hydrogen-bond donors (Lipinski definition) is 1. The Morgan fingerprint density at radius 2 is 1.62 bits per heavy atom. The third-order valence-corrected chi connectivity index (χ3v) is 10.2. The van der Waals surface area contributed by atoms with Crippen molar-refractivity contribution in [3.05, 3.63) is 24.3 Å². The van der Waals surface area contributed by atoms with Gasteiger partial charge in [-0.15, -0.1) is 24.4 Å². The number of hydrogen-bond acceptors (Lipinski definition) is 6. The summed E-state index contributed by atoms with van der Waals surface area (Å²) >= 11 is 6.27. The quantitative estimate of drug-likeness (QED) is 0.0905. The minimum atomic E-state index is -2.11. The van der Waals surface area contributed by atoms with E-state index >= 15 is 0 Å². The molecule has 32 heavy (non-hydrogen) atoms. The molecule has 0 fully saturated rings. The van der Waals surface area contributed by atoms with Crippen LogP contribution in [0.4, 0.5) is 0 Å². The first-order chi connectivity index (χ1) is 15.5. The van der Waals surface area contributed by atoms with E-state index in [1.54, 1.807) is 0 Å². The minimum Gasteiger partial charge on any atom is -0.358 e. The first-order valence-corrected chi connectivity index (χ1v) is 17.1. The average Bonchev–Trinajstić information content (AvgIpc) is 2.76. The SMILES string of the molecule is C=P(CN(CCCCSc1ccc(S)cc1)CP(CCC)OCC)(OCC)OCC.CC. The van der Waals surface area contributed by atoms with Gasteiger partial charge in [0.1, 0.15) is 7.34 Å². The molecule has 1 atom stereocenters. The smallest absolute Gasteiger partial charge is 0.131 e. The number of thiol groups is 1. The normalized spacial score (nSPS) is 12.5. The van der Waals surface area contributed by atoms with E-state index < -0.39 is 15.5 Å². The second-order valence-electron chi connectivity index (χ2n) is 7.00. The second-order valence-corrected chi connectivity index (χ2v) is 13.1. The highest BCUT2D eigenvalue weighted by Gasteiger charge is 2.22. The summed E-state index contributed by atoms with van der Waals surface area (Å²) in [5.41, 5.74) is 0. The highest BCUT2D eigenvalue weighted by Crippen LogP contribution is 2.49. The first kappa shape index (κ1) is 32.5. The molecule has 1 rings (SSSR count). The van der Waals surface area contributed by atoms with Crippen molar-refractivity contribution in [3.8, 4) is 0 Å². The van der Waals surface area contributed by atoms with Crippen LogP contribution in [0.5, 0.6) is 0 Å². The van der Waals surface area contributed by atoms with Gasteiger partial charge in [-0.25, -0.2) is 0 Å². The molecule has 0 radical (unpaired) electrons. The van der Waals surface area contributed by atoms with Gasteiger partial charge in [0.2, 0.25) is 0 Å². The summed E-state index contributed by atoms with van der Waals surface area (Å²) in [5.74, 6) is 1.12. The zero-order valence-corrected chi connectivity index (χ0v) is 24.7. The summed E-state index contributed by atoms with van der Waals surface area (Å²) in [6, 6.07) is 8.39. The van der Waals surface area contributed by atoms with Crippen LogP contribution in [0.2, 0.25) is 0 Å². The summed E-state index contributed by atoms with van der Waals surface area (Å²) in [7, 11) is -2.55. The van der Waals surface area contributed by atoms with E-state index in [9.17, 15) is 0 Å². The number of benzene rings is 1. The van der Waals surface area contributed by atoms with Crippen LogP contribution in [0.3, 0.4) is 0 Å². The molecule has 1 aromatic carbocycles. The maximum absolute atomic E-state index is 6.07. The Hall–Kier alpha value is 0.490. The summed E-state index contributed by atoms with van der Waals surface area (Å²) < 4.78 is 18.0. The predicted molar refractivity (Wildman–Crippen MR) is 152 cm³/mol. The van der Waals surface area contributed by atoms with Gasteiger partial charge >= 0.3 is 0 Å². The van der Waals surface area contributed by atoms with Gasteiger partial charge in [0.15, 0.2) is 0 Å². The fraction of sp³-hybridized carbons (Fsp3) is 0.708. The Labute approximate surface area is 209 Å². The molecule has 0 saturated heterocycles. The van der Waals surface area contributed by atoms with E-state index in [1.165, 1.54) is 11.3 Å². The lowest BCUT2D eigenvalue weighted by atomic mass is 10.3. The van der Waals surface area contributed by atoms with E-state index in [4.69, 9.17) is 13.6 Å². The topological polar surface area (TPSA) is 30.9 Å². The van der Waals surface area contributed by atoms with Crippen LogP contribution in [0.1, 0.15) is 60.8 Å². The maximum atomic E-state index is 6.07. The van der Waals surface area contributed by atoms with Crippen molar-refractivity contribution in [2.75, 3.05) is 50.9 Å². The van der Waals surface area contributed by atoms with Crippen molar-refractivity contribution < 1.29 is 13.6 Å². The first-order valence-electron chi connectivity index (χ1n) is 12.0. The van der Waals surface area contributed by atoms with Crippen molar-refractivity contribution in [3.63, 3.8) is 0 Å². The molecule has 1 unspecified atom stereocenters. The summed E-state index contributed by atoms with van der Waals surface area (Å²) in [6.07, 6.45) is 10.7. The third-order valence-electron chi connectivity index (χ3n) is 4.26. The molecule has 0 aromatic heterocycles. The molecule has 0 aliphatic carbocycles. The lowest BCUT2D eigenvalue weighted by Gasteiger charge is -2.33. The maximum Gasteiger partial charge on any atom is 0.131 e. The molecule has 188 valence electrons. The van der Waals surface area contributed by atoms with Crippen molar-refractivity contribution in [2.24, 2.45) is 0 Å². The van der Waals surface area contributed by atoms with Crippen molar-refractivity contribution in [1.82, 2.24) is 4.90 Å². The Balaban J connectivity index is 0.00000466. The third kappa shape index (κ3) is 15.4. The van der Waals surface area contributed by atoms with Gasteiger partial charge in [-0.1, -0.05) is 33.5 Å². The molecule has 0 aliphatic rings. The van der Waals surface area contributed by atoms with Crippen LogP contribution < -0.4 is 0 Å². The molecule has 1 aromatic rings. The molecule has 0 heterocycles. The van der Waals surface area contributed by atoms with Crippen molar-refractivity contribution in [2.45, 2.75) is 70.6 Å². The second kappa shape index (κ2) is 20.8. The molecule has 0 saturated carbocycles. The van der Waals surface area contributed by atoms with E-state index in [0.717, 1.165) is 55.4 Å². The average molecular weight is 524 g/mol. The van der Waals surface area contributed by atoms with E-state index in [0.29, 0.717) is 13.2 Å². The minimum absolute atomic E-state index is 0.443. The summed E-state index contributed by atoms with van der Waals surface area (Å²) in [5, 5.41) is 0. The lowest BCUT2D eigenvalue weighted by Crippen LogP contribution is -2.28. The van der Waals surface area contributed by atoms with Gasteiger partial charge in [-0.05, 0) is 76.3 Å². The van der Waals surface area contributed by atoms with Crippen molar-refractivity contribution in [1.29, 1.82) is 0 Å². The van der Waals surface area contributed by atoms with Crippen LogP contribution in [-0.2, 0) is 13.6 Å². The highest BCUT2D eigenvalue weighted by molar-refractivity contribution is 7.99. The Morgan fingerprint density at radius 3 is 2.16 bits per heavy atom.